The second kappa shape index (κ2) is 13.1. The number of aromatic nitrogens is 4. The summed E-state index contributed by atoms with van der Waals surface area (Å²) in [6, 6.07) is 17.9. The average molecular weight is 610 g/mol. The standard InChI is InChI=1S/C34H39N7O4/c1-23-35-31-27(21-24-11-4-3-5-12-24)36-32(43)29-15-8-9-18-40(29)30(42)16-10-17-39(19-20-41(31)37-23)34(45)26-22-25-13-6-7-14-28(25)38(2)33(26)44/h3-7,11-14,22,27,29H,8-10,15-21H2,1-2H3,(H,36,43)/t27-,29+/m1/s1. The third-order valence-electron chi connectivity index (χ3n) is 8.89. The number of piperidine rings is 1. The third kappa shape index (κ3) is 6.38. The van der Waals surface area contributed by atoms with Gasteiger partial charge in [-0.2, -0.15) is 5.10 Å². The molecule has 4 heterocycles. The predicted molar refractivity (Wildman–Crippen MR) is 169 cm³/mol. The summed E-state index contributed by atoms with van der Waals surface area (Å²) in [6.07, 6.45) is 3.39. The molecule has 1 N–H and O–H groups in total. The van der Waals surface area contributed by atoms with Crippen LogP contribution >= 0.6 is 0 Å². The first kappa shape index (κ1) is 30.2. The monoisotopic (exact) mass is 609 g/mol. The number of fused-ring (bicyclic) bond motifs is 3. The highest BCUT2D eigenvalue weighted by Gasteiger charge is 2.34. The van der Waals surface area contributed by atoms with Crippen molar-refractivity contribution < 1.29 is 14.4 Å². The van der Waals surface area contributed by atoms with Gasteiger partial charge in [0.15, 0.2) is 0 Å². The molecule has 2 aromatic carbocycles. The van der Waals surface area contributed by atoms with Crippen molar-refractivity contribution in [3.63, 3.8) is 0 Å². The Kier molecular flexibility index (Phi) is 8.77. The Bertz CT molecular complexity index is 1780. The number of amides is 3. The minimum atomic E-state index is -0.566. The van der Waals surface area contributed by atoms with Crippen LogP contribution < -0.4 is 10.9 Å². The van der Waals surface area contributed by atoms with Crippen molar-refractivity contribution in [2.24, 2.45) is 7.05 Å². The summed E-state index contributed by atoms with van der Waals surface area (Å²) < 4.78 is 3.26. The number of hydrogen-bond acceptors (Lipinski definition) is 6. The second-order valence-electron chi connectivity index (χ2n) is 12.0. The summed E-state index contributed by atoms with van der Waals surface area (Å²) >= 11 is 0. The largest absolute Gasteiger partial charge is 0.344 e. The van der Waals surface area contributed by atoms with Gasteiger partial charge in [-0.15, -0.1) is 0 Å². The molecule has 0 spiro atoms. The molecule has 0 radical (unpaired) electrons. The smallest absolute Gasteiger partial charge is 0.263 e. The number of nitrogens with zero attached hydrogens (tertiary/aromatic N) is 6. The second-order valence-corrected chi connectivity index (χ2v) is 12.0. The minimum Gasteiger partial charge on any atom is -0.344 e. The summed E-state index contributed by atoms with van der Waals surface area (Å²) in [7, 11) is 1.67. The minimum absolute atomic E-state index is 0.0870. The van der Waals surface area contributed by atoms with Gasteiger partial charge < -0.3 is 19.7 Å². The molecule has 11 nitrogen and oxygen atoms in total. The molecule has 2 aromatic heterocycles. The van der Waals surface area contributed by atoms with E-state index in [1.54, 1.807) is 34.5 Å². The van der Waals surface area contributed by atoms with Gasteiger partial charge in [0.05, 0.1) is 18.1 Å². The number of benzene rings is 2. The maximum absolute atomic E-state index is 14.0. The van der Waals surface area contributed by atoms with E-state index < -0.39 is 12.1 Å². The third-order valence-corrected chi connectivity index (χ3v) is 8.89. The Labute approximate surface area is 261 Å². The van der Waals surface area contributed by atoms with Crippen molar-refractivity contribution in [2.45, 2.75) is 64.1 Å². The van der Waals surface area contributed by atoms with Crippen molar-refractivity contribution in [1.29, 1.82) is 0 Å². The first-order chi connectivity index (χ1) is 21.8. The van der Waals surface area contributed by atoms with Crippen LogP contribution in [0.1, 0.15) is 65.7 Å². The molecule has 0 unspecified atom stereocenters. The van der Waals surface area contributed by atoms with E-state index in [1.165, 1.54) is 4.57 Å². The molecule has 11 heteroatoms. The molecule has 6 rings (SSSR count). The molecule has 2 aliphatic rings. The van der Waals surface area contributed by atoms with Crippen molar-refractivity contribution in [1.82, 2.24) is 34.4 Å². The fourth-order valence-electron chi connectivity index (χ4n) is 6.56. The fraction of sp³-hybridized carbons (Fsp3) is 0.412. The molecule has 1 fully saturated rings. The van der Waals surface area contributed by atoms with Crippen molar-refractivity contribution in [2.75, 3.05) is 19.6 Å². The number of rotatable bonds is 3. The van der Waals surface area contributed by atoms with Gasteiger partial charge in [-0.1, -0.05) is 48.5 Å². The lowest BCUT2D eigenvalue weighted by atomic mass is 9.99. The molecule has 234 valence electrons. The lowest BCUT2D eigenvalue weighted by Gasteiger charge is -2.36. The molecule has 4 aromatic rings. The predicted octanol–water partition coefficient (Wildman–Crippen LogP) is 3.16. The number of hydrogen-bond donors (Lipinski definition) is 1. The first-order valence-electron chi connectivity index (χ1n) is 15.7. The van der Waals surface area contributed by atoms with Crippen LogP contribution in [-0.2, 0) is 29.6 Å². The number of nitrogens with one attached hydrogen (secondary N) is 1. The molecular formula is C34H39N7O4. The quantitative estimate of drug-likeness (QED) is 0.381. The molecule has 0 bridgehead atoms. The Morgan fingerprint density at radius 2 is 1.71 bits per heavy atom. The number of para-hydroxylation sites is 1. The van der Waals surface area contributed by atoms with Crippen LogP contribution in [0.4, 0.5) is 0 Å². The van der Waals surface area contributed by atoms with Crippen LogP contribution in [0.15, 0.2) is 65.5 Å². The van der Waals surface area contributed by atoms with E-state index in [4.69, 9.17) is 4.98 Å². The number of pyridine rings is 1. The van der Waals surface area contributed by atoms with E-state index in [1.807, 2.05) is 54.6 Å². The van der Waals surface area contributed by atoms with E-state index in [0.29, 0.717) is 44.0 Å². The van der Waals surface area contributed by atoms with Crippen LogP contribution in [0.2, 0.25) is 0 Å². The Morgan fingerprint density at radius 3 is 2.53 bits per heavy atom. The molecule has 0 aliphatic carbocycles. The van der Waals surface area contributed by atoms with E-state index >= 15 is 0 Å². The Balaban J connectivity index is 1.37. The van der Waals surface area contributed by atoms with E-state index in [2.05, 4.69) is 10.4 Å². The van der Waals surface area contributed by atoms with Gasteiger partial charge in [-0.25, -0.2) is 9.67 Å². The van der Waals surface area contributed by atoms with Gasteiger partial charge in [0, 0.05) is 33.1 Å². The fourth-order valence-corrected chi connectivity index (χ4v) is 6.56. The molecular weight excluding hydrogens is 570 g/mol. The maximum Gasteiger partial charge on any atom is 0.263 e. The van der Waals surface area contributed by atoms with Gasteiger partial charge in [-0.05, 0) is 62.1 Å². The number of aryl methyl sites for hydroxylation is 2. The summed E-state index contributed by atoms with van der Waals surface area (Å²) in [5, 5.41) is 8.67. The van der Waals surface area contributed by atoms with Crippen molar-refractivity contribution in [3.8, 4) is 0 Å². The zero-order valence-electron chi connectivity index (χ0n) is 25.8. The molecule has 0 saturated carbocycles. The van der Waals surface area contributed by atoms with Crippen LogP contribution in [-0.4, -0.2) is 72.5 Å². The number of carbonyl (C=O) groups excluding carboxylic acids is 3. The van der Waals surface area contributed by atoms with Crippen LogP contribution in [0.3, 0.4) is 0 Å². The van der Waals surface area contributed by atoms with Crippen LogP contribution in [0.25, 0.3) is 10.9 Å². The van der Waals surface area contributed by atoms with Gasteiger partial charge in [-0.3, -0.25) is 19.2 Å². The van der Waals surface area contributed by atoms with Crippen molar-refractivity contribution in [3.05, 3.63) is 93.8 Å². The van der Waals surface area contributed by atoms with Gasteiger partial charge in [0.25, 0.3) is 11.5 Å². The maximum atomic E-state index is 14.0. The molecule has 1 saturated heterocycles. The topological polar surface area (TPSA) is 122 Å². The van der Waals surface area contributed by atoms with E-state index in [0.717, 1.165) is 29.3 Å². The lowest BCUT2D eigenvalue weighted by Crippen LogP contribution is -2.53. The summed E-state index contributed by atoms with van der Waals surface area (Å²) in [5.74, 6) is 0.475. The highest BCUT2D eigenvalue weighted by molar-refractivity contribution is 5.97. The molecule has 2 aliphatic heterocycles. The first-order valence-corrected chi connectivity index (χ1v) is 15.7. The number of carbonyl (C=O) groups is 3. The van der Waals surface area contributed by atoms with E-state index in [-0.39, 0.29) is 48.4 Å². The highest BCUT2D eigenvalue weighted by Crippen LogP contribution is 2.23. The van der Waals surface area contributed by atoms with Gasteiger partial charge in [0.1, 0.15) is 23.3 Å². The van der Waals surface area contributed by atoms with Crippen molar-refractivity contribution >= 4 is 28.6 Å². The molecule has 2 atom stereocenters. The highest BCUT2D eigenvalue weighted by atomic mass is 16.2. The van der Waals surface area contributed by atoms with Gasteiger partial charge in [0.2, 0.25) is 11.8 Å². The van der Waals surface area contributed by atoms with Crippen LogP contribution in [0, 0.1) is 6.92 Å². The Morgan fingerprint density at radius 1 is 0.933 bits per heavy atom. The lowest BCUT2D eigenvalue weighted by molar-refractivity contribution is -0.142. The zero-order valence-corrected chi connectivity index (χ0v) is 25.8. The summed E-state index contributed by atoms with van der Waals surface area (Å²) in [4.78, 5) is 62.8. The summed E-state index contributed by atoms with van der Waals surface area (Å²) in [6.45, 7) is 3.16. The van der Waals surface area contributed by atoms with Gasteiger partial charge >= 0.3 is 0 Å². The summed E-state index contributed by atoms with van der Waals surface area (Å²) in [5.41, 5.74) is 1.49. The SMILES string of the molecule is Cc1nc2n(n1)CCN(C(=O)c1cc3ccccc3n(C)c1=O)CCCC(=O)N1CCCC[C@H]1C(=O)N[C@@H]2Cc1ccccc1. The Hall–Kier alpha value is -4.80. The molecule has 3 amide bonds. The molecule has 45 heavy (non-hydrogen) atoms. The normalized spacial score (nSPS) is 19.9. The zero-order chi connectivity index (χ0) is 31.5. The van der Waals surface area contributed by atoms with Crippen LogP contribution in [0.5, 0.6) is 0 Å². The average Bonchev–Trinajstić information content (AvgIpc) is 3.43. The van der Waals surface area contributed by atoms with E-state index in [9.17, 15) is 19.2 Å².